The number of nitrogens with one attached hydrogen (secondary N) is 3. The number of thioether (sulfide) groups is 2. The average molecular weight is 853 g/mol. The van der Waals surface area contributed by atoms with Crippen LogP contribution in [-0.2, 0) is 24.8 Å². The summed E-state index contributed by atoms with van der Waals surface area (Å²) in [6.07, 6.45) is 0. The molecule has 0 spiro atoms. The SMILES string of the molecule is O=C(O)C1=C(CSc2snc(O)c2C(=O)O)CS[C@@H]2C(NC(=O)C(NOC(F)F)c3csc(NC(c4ccccc4)(c4ccccc4)c4ccccc4)n3)C(=O)N12. The number of carbonyl (C=O) groups is 4. The Bertz CT molecular complexity index is 2220. The summed E-state index contributed by atoms with van der Waals surface area (Å²) < 4.78 is 30.5. The zero-order chi connectivity index (χ0) is 40.3. The Balaban J connectivity index is 1.13. The summed E-state index contributed by atoms with van der Waals surface area (Å²) in [5, 5.41) is 36.4. The van der Waals surface area contributed by atoms with Crippen molar-refractivity contribution >= 4 is 75.3 Å². The van der Waals surface area contributed by atoms with Crippen molar-refractivity contribution in [3.63, 3.8) is 0 Å². The zero-order valence-electron chi connectivity index (χ0n) is 29.1. The molecule has 294 valence electrons. The number of nitrogens with zero attached hydrogens (tertiary/aromatic N) is 3. The minimum atomic E-state index is -3.31. The van der Waals surface area contributed by atoms with E-state index in [1.165, 1.54) is 5.38 Å². The van der Waals surface area contributed by atoms with Crippen molar-refractivity contribution in [1.82, 2.24) is 25.1 Å². The Labute approximate surface area is 339 Å². The second kappa shape index (κ2) is 17.0. The molecule has 20 heteroatoms. The number of carboxylic acid groups (broad SMARTS) is 2. The normalized spacial score (nSPS) is 17.2. The van der Waals surface area contributed by atoms with Crippen molar-refractivity contribution in [1.29, 1.82) is 0 Å². The summed E-state index contributed by atoms with van der Waals surface area (Å²) in [5.74, 6) is -5.08. The number of halogens is 2. The van der Waals surface area contributed by atoms with Crippen LogP contribution in [-0.4, -0.2) is 82.9 Å². The molecule has 14 nitrogen and oxygen atoms in total. The van der Waals surface area contributed by atoms with E-state index in [-0.39, 0.29) is 27.1 Å². The number of amides is 2. The van der Waals surface area contributed by atoms with Gasteiger partial charge in [0.25, 0.3) is 5.91 Å². The first kappa shape index (κ1) is 39.8. The number of benzene rings is 3. The third-order valence-electron chi connectivity index (χ3n) is 9.05. The number of alkyl halides is 2. The Morgan fingerprint density at radius 2 is 1.54 bits per heavy atom. The van der Waals surface area contributed by atoms with E-state index < -0.39 is 64.8 Å². The lowest BCUT2D eigenvalue weighted by atomic mass is 9.77. The van der Waals surface area contributed by atoms with Crippen LogP contribution in [0.5, 0.6) is 5.88 Å². The highest BCUT2D eigenvalue weighted by Crippen LogP contribution is 2.44. The first-order valence-corrected chi connectivity index (χ1v) is 20.5. The smallest absolute Gasteiger partial charge is 0.360 e. The van der Waals surface area contributed by atoms with Gasteiger partial charge in [0, 0.05) is 16.9 Å². The van der Waals surface area contributed by atoms with Crippen LogP contribution in [0.25, 0.3) is 0 Å². The molecule has 57 heavy (non-hydrogen) atoms. The van der Waals surface area contributed by atoms with Crippen LogP contribution in [0.4, 0.5) is 13.9 Å². The number of β-lactam (4-membered cyclic amide) rings is 1. The fourth-order valence-electron chi connectivity index (χ4n) is 6.52. The van der Waals surface area contributed by atoms with Gasteiger partial charge in [-0.15, -0.1) is 34.9 Å². The summed E-state index contributed by atoms with van der Waals surface area (Å²) in [7, 11) is 0. The highest BCUT2D eigenvalue weighted by molar-refractivity contribution is 8.02. The van der Waals surface area contributed by atoms with Crippen LogP contribution in [0, 0.1) is 0 Å². The number of hydroxylamine groups is 1. The van der Waals surface area contributed by atoms with Crippen LogP contribution in [0.1, 0.15) is 38.8 Å². The predicted octanol–water partition coefficient (Wildman–Crippen LogP) is 5.72. The van der Waals surface area contributed by atoms with E-state index in [0.29, 0.717) is 10.7 Å². The number of hydrogen-bond acceptors (Lipinski definition) is 14. The van der Waals surface area contributed by atoms with Gasteiger partial charge in [0.2, 0.25) is 11.8 Å². The van der Waals surface area contributed by atoms with E-state index in [0.717, 1.165) is 68.0 Å². The molecule has 2 aliphatic heterocycles. The summed E-state index contributed by atoms with van der Waals surface area (Å²) in [5.41, 5.74) is 3.28. The molecule has 4 heterocycles. The fraction of sp³-hybridized carbons (Fsp3) is 0.189. The molecule has 7 rings (SSSR count). The number of thiazole rings is 1. The number of anilines is 1. The van der Waals surface area contributed by atoms with Gasteiger partial charge >= 0.3 is 18.6 Å². The van der Waals surface area contributed by atoms with Crippen molar-refractivity contribution in [2.24, 2.45) is 0 Å². The van der Waals surface area contributed by atoms with E-state index in [1.807, 2.05) is 91.0 Å². The molecule has 2 aliphatic rings. The van der Waals surface area contributed by atoms with Gasteiger partial charge in [-0.2, -0.15) is 18.6 Å². The van der Waals surface area contributed by atoms with Crippen molar-refractivity contribution in [3.8, 4) is 5.88 Å². The molecule has 3 atom stereocenters. The molecule has 2 amide bonds. The van der Waals surface area contributed by atoms with E-state index in [1.54, 1.807) is 0 Å². The van der Waals surface area contributed by atoms with Crippen LogP contribution >= 0.6 is 46.4 Å². The first-order valence-electron chi connectivity index (χ1n) is 16.8. The van der Waals surface area contributed by atoms with Crippen molar-refractivity contribution in [2.75, 3.05) is 16.8 Å². The standard InChI is InChI=1S/C37H30F2N6O8S4/c38-35(39)53-43-25(23-18-56-36(40-23)42-37(20-10-4-1-5-11-20,21-12-6-2-7-13-21)22-14-8-3-9-15-22)29(47)41-26-30(48)45-27(33(51)52)19(16-54-31(26)45)17-55-34-24(32(49)50)28(46)44-57-34/h1-15,18,25-26,31,35,43H,16-17H2,(H,40,42)(H,41,47)(H,44,46)(H,49,50)(H,51,52)/t25?,26?,31-/m1/s1. The van der Waals surface area contributed by atoms with Gasteiger partial charge in [-0.05, 0) is 33.8 Å². The molecule has 1 saturated heterocycles. The second-order valence-electron chi connectivity index (χ2n) is 12.4. The maximum atomic E-state index is 13.8. The average Bonchev–Trinajstić information content (AvgIpc) is 3.84. The Kier molecular flexibility index (Phi) is 11.9. The molecule has 2 unspecified atom stereocenters. The molecule has 0 bridgehead atoms. The van der Waals surface area contributed by atoms with Gasteiger partial charge in [0.1, 0.15) is 28.2 Å². The van der Waals surface area contributed by atoms with Crippen molar-refractivity contribution in [2.45, 2.75) is 33.8 Å². The first-order chi connectivity index (χ1) is 27.5. The molecule has 2 aromatic heterocycles. The zero-order valence-corrected chi connectivity index (χ0v) is 32.3. The number of hydrogen-bond donors (Lipinski definition) is 6. The lowest BCUT2D eigenvalue weighted by molar-refractivity contribution is -0.185. The van der Waals surface area contributed by atoms with Crippen LogP contribution < -0.4 is 16.1 Å². The molecular formula is C37H30F2N6O8S4. The highest BCUT2D eigenvalue weighted by atomic mass is 32.2. The molecular weight excluding hydrogens is 823 g/mol. The minimum absolute atomic E-state index is 0.00364. The molecule has 6 N–H and O–H groups in total. The van der Waals surface area contributed by atoms with E-state index in [9.17, 15) is 43.3 Å². The number of fused-ring (bicyclic) bond motifs is 1. The van der Waals surface area contributed by atoms with E-state index in [4.69, 9.17) is 0 Å². The summed E-state index contributed by atoms with van der Waals surface area (Å²) in [4.78, 5) is 61.3. The maximum Gasteiger partial charge on any atom is 0.360 e. The molecule has 5 aromatic rings. The summed E-state index contributed by atoms with van der Waals surface area (Å²) in [6.45, 7) is -3.31. The summed E-state index contributed by atoms with van der Waals surface area (Å²) >= 11 is 3.97. The monoisotopic (exact) mass is 852 g/mol. The number of aromatic nitrogens is 2. The van der Waals surface area contributed by atoms with Gasteiger partial charge in [-0.3, -0.25) is 14.5 Å². The van der Waals surface area contributed by atoms with E-state index >= 15 is 0 Å². The van der Waals surface area contributed by atoms with Gasteiger partial charge in [-0.1, -0.05) is 91.0 Å². The summed E-state index contributed by atoms with van der Waals surface area (Å²) in [6, 6.07) is 26.1. The quantitative estimate of drug-likeness (QED) is 0.0304. The molecule has 0 radical (unpaired) electrons. The van der Waals surface area contributed by atoms with Crippen molar-refractivity contribution < 1.29 is 48.1 Å². The number of aromatic carboxylic acids is 1. The topological polar surface area (TPSA) is 203 Å². The lowest BCUT2D eigenvalue weighted by Gasteiger charge is -2.49. The highest BCUT2D eigenvalue weighted by Gasteiger charge is 2.54. The number of carbonyl (C=O) groups excluding carboxylic acids is 2. The van der Waals surface area contributed by atoms with Crippen LogP contribution in [0.3, 0.4) is 0 Å². The van der Waals surface area contributed by atoms with Gasteiger partial charge in [0.05, 0.1) is 9.90 Å². The molecule has 1 fully saturated rings. The lowest BCUT2D eigenvalue weighted by Crippen LogP contribution is -2.71. The Morgan fingerprint density at radius 1 is 0.947 bits per heavy atom. The number of aromatic hydroxyl groups is 1. The molecule has 3 aromatic carbocycles. The van der Waals surface area contributed by atoms with Gasteiger partial charge < -0.3 is 26.0 Å². The van der Waals surface area contributed by atoms with Crippen molar-refractivity contribution in [3.05, 3.63) is 136 Å². The number of aliphatic carboxylic acids is 1. The minimum Gasteiger partial charge on any atom is -0.492 e. The third-order valence-corrected chi connectivity index (χ3v) is 13.3. The Morgan fingerprint density at radius 3 is 2.09 bits per heavy atom. The molecule has 0 saturated carbocycles. The second-order valence-corrected chi connectivity index (χ2v) is 16.4. The maximum absolute atomic E-state index is 13.8. The van der Waals surface area contributed by atoms with Gasteiger partial charge in [0.15, 0.2) is 11.2 Å². The third kappa shape index (κ3) is 7.96. The van der Waals surface area contributed by atoms with Crippen LogP contribution in [0.2, 0.25) is 0 Å². The number of rotatable bonds is 16. The Hall–Kier alpha value is -5.38. The number of carboxylic acids is 2. The largest absolute Gasteiger partial charge is 0.492 e. The van der Waals surface area contributed by atoms with Gasteiger partial charge in [-0.25, -0.2) is 19.4 Å². The molecule has 0 aliphatic carbocycles. The van der Waals surface area contributed by atoms with E-state index in [2.05, 4.69) is 30.3 Å². The fourth-order valence-corrected chi connectivity index (χ4v) is 10.7. The van der Waals surface area contributed by atoms with Crippen LogP contribution in [0.15, 0.2) is 112 Å². The predicted molar refractivity (Wildman–Crippen MR) is 209 cm³/mol.